The minimum absolute atomic E-state index is 0.0389. The lowest BCUT2D eigenvalue weighted by Crippen LogP contribution is -2.39. The maximum absolute atomic E-state index is 12.2. The molecule has 0 unspecified atom stereocenters. The SMILES string of the molecule is Cc1cc(NC(=O)CN[C@@H]2CC(=O)N(C)[C@H]2c2cnn(C)c2C)on1. The zero-order chi connectivity index (χ0) is 18.1. The van der Waals surface area contributed by atoms with Crippen LogP contribution < -0.4 is 10.6 Å². The maximum Gasteiger partial charge on any atom is 0.240 e. The molecule has 0 aromatic carbocycles. The van der Waals surface area contributed by atoms with Gasteiger partial charge in [0.25, 0.3) is 0 Å². The number of rotatable bonds is 5. The van der Waals surface area contributed by atoms with E-state index in [0.29, 0.717) is 18.0 Å². The fourth-order valence-corrected chi connectivity index (χ4v) is 3.11. The van der Waals surface area contributed by atoms with Crippen molar-refractivity contribution in [1.29, 1.82) is 0 Å². The molecule has 0 radical (unpaired) electrons. The molecule has 2 atom stereocenters. The van der Waals surface area contributed by atoms with Crippen LogP contribution in [0, 0.1) is 13.8 Å². The first-order valence-electron chi connectivity index (χ1n) is 8.07. The Kier molecular flexibility index (Phi) is 4.58. The second-order valence-electron chi connectivity index (χ2n) is 6.33. The van der Waals surface area contributed by atoms with Crippen molar-refractivity contribution in [3.63, 3.8) is 0 Å². The molecule has 2 aromatic rings. The molecule has 1 saturated heterocycles. The maximum atomic E-state index is 12.2. The van der Waals surface area contributed by atoms with E-state index in [1.165, 1.54) is 0 Å². The van der Waals surface area contributed by atoms with Crippen LogP contribution in [0.15, 0.2) is 16.8 Å². The van der Waals surface area contributed by atoms with Gasteiger partial charge in [-0.05, 0) is 13.8 Å². The molecule has 0 spiro atoms. The van der Waals surface area contributed by atoms with Crippen LogP contribution >= 0.6 is 0 Å². The standard InChI is InChI=1S/C16H22N6O3/c1-9-5-14(25-20-9)19-13(23)8-17-12-6-15(24)21(3)16(12)11-7-18-22(4)10(11)2/h5,7,12,16-17H,6,8H2,1-4H3,(H,19,23)/t12-,16+/m1/s1. The number of amides is 2. The van der Waals surface area contributed by atoms with Crippen LogP contribution in [0.4, 0.5) is 5.88 Å². The minimum atomic E-state index is -0.250. The highest BCUT2D eigenvalue weighted by atomic mass is 16.5. The lowest BCUT2D eigenvalue weighted by molar-refractivity contribution is -0.127. The summed E-state index contributed by atoms with van der Waals surface area (Å²) in [7, 11) is 3.64. The van der Waals surface area contributed by atoms with Crippen molar-refractivity contribution in [3.05, 3.63) is 29.2 Å². The zero-order valence-electron chi connectivity index (χ0n) is 14.7. The van der Waals surface area contributed by atoms with Gasteiger partial charge in [-0.15, -0.1) is 0 Å². The Balaban J connectivity index is 1.66. The number of aryl methyl sites for hydroxylation is 2. The lowest BCUT2D eigenvalue weighted by atomic mass is 10.0. The van der Waals surface area contributed by atoms with Gasteiger partial charge in [0.2, 0.25) is 17.7 Å². The normalized spacial score (nSPS) is 20.3. The number of carbonyl (C=O) groups excluding carboxylic acids is 2. The predicted molar refractivity (Wildman–Crippen MR) is 89.7 cm³/mol. The molecule has 1 fully saturated rings. The Morgan fingerprint density at radius 3 is 2.76 bits per heavy atom. The number of aromatic nitrogens is 3. The van der Waals surface area contributed by atoms with Gasteiger partial charge in [-0.2, -0.15) is 5.10 Å². The number of nitrogens with one attached hydrogen (secondary N) is 2. The molecule has 2 amide bonds. The molecule has 0 aliphatic carbocycles. The summed E-state index contributed by atoms with van der Waals surface area (Å²) in [6.45, 7) is 3.81. The van der Waals surface area contributed by atoms with Crippen LogP contribution in [0.25, 0.3) is 0 Å². The summed E-state index contributed by atoms with van der Waals surface area (Å²) < 4.78 is 6.75. The van der Waals surface area contributed by atoms with Crippen molar-refractivity contribution >= 4 is 17.7 Å². The van der Waals surface area contributed by atoms with E-state index >= 15 is 0 Å². The van der Waals surface area contributed by atoms with Crippen LogP contribution in [0.5, 0.6) is 0 Å². The summed E-state index contributed by atoms with van der Waals surface area (Å²) in [5.74, 6) is 0.0976. The van der Waals surface area contributed by atoms with Gasteiger partial charge in [-0.1, -0.05) is 5.16 Å². The summed E-state index contributed by atoms with van der Waals surface area (Å²) in [4.78, 5) is 25.9. The number of nitrogens with zero attached hydrogens (tertiary/aromatic N) is 4. The van der Waals surface area contributed by atoms with Gasteiger partial charge in [0.15, 0.2) is 0 Å². The summed E-state index contributed by atoms with van der Waals surface area (Å²) in [5, 5.41) is 13.8. The van der Waals surface area contributed by atoms with Crippen LogP contribution in [-0.4, -0.2) is 51.3 Å². The first-order chi connectivity index (χ1) is 11.9. The van der Waals surface area contributed by atoms with Gasteiger partial charge in [-0.25, -0.2) is 0 Å². The number of carbonyl (C=O) groups is 2. The highest BCUT2D eigenvalue weighted by Crippen LogP contribution is 2.33. The van der Waals surface area contributed by atoms with Crippen molar-refractivity contribution in [3.8, 4) is 0 Å². The molecular weight excluding hydrogens is 324 g/mol. The van der Waals surface area contributed by atoms with Gasteiger partial charge < -0.3 is 14.7 Å². The second kappa shape index (κ2) is 6.67. The molecule has 0 saturated carbocycles. The molecular formula is C16H22N6O3. The summed E-state index contributed by atoms with van der Waals surface area (Å²) >= 11 is 0. The quantitative estimate of drug-likeness (QED) is 0.818. The summed E-state index contributed by atoms with van der Waals surface area (Å²) in [5.41, 5.74) is 2.68. The van der Waals surface area contributed by atoms with Crippen molar-refractivity contribution in [2.75, 3.05) is 18.9 Å². The fraction of sp³-hybridized carbons (Fsp3) is 0.500. The molecule has 9 nitrogen and oxygen atoms in total. The highest BCUT2D eigenvalue weighted by Gasteiger charge is 2.40. The van der Waals surface area contributed by atoms with Gasteiger partial charge in [-0.3, -0.25) is 19.6 Å². The molecule has 1 aliphatic heterocycles. The van der Waals surface area contributed by atoms with Crippen LogP contribution in [0.1, 0.15) is 29.4 Å². The molecule has 3 heterocycles. The van der Waals surface area contributed by atoms with Gasteiger partial charge in [0.05, 0.1) is 24.5 Å². The second-order valence-corrected chi connectivity index (χ2v) is 6.33. The highest BCUT2D eigenvalue weighted by molar-refractivity contribution is 5.91. The Morgan fingerprint density at radius 1 is 1.40 bits per heavy atom. The number of hydrogen-bond donors (Lipinski definition) is 2. The lowest BCUT2D eigenvalue weighted by Gasteiger charge is -2.25. The Bertz CT molecular complexity index is 796. The number of hydrogen-bond acceptors (Lipinski definition) is 6. The van der Waals surface area contributed by atoms with E-state index < -0.39 is 0 Å². The van der Waals surface area contributed by atoms with E-state index in [4.69, 9.17) is 4.52 Å². The number of anilines is 1. The van der Waals surface area contributed by atoms with E-state index in [2.05, 4.69) is 20.9 Å². The Morgan fingerprint density at radius 2 is 2.16 bits per heavy atom. The van der Waals surface area contributed by atoms with Crippen LogP contribution in [0.3, 0.4) is 0 Å². The summed E-state index contributed by atoms with van der Waals surface area (Å²) in [6.07, 6.45) is 2.12. The monoisotopic (exact) mass is 346 g/mol. The minimum Gasteiger partial charge on any atom is -0.338 e. The zero-order valence-corrected chi connectivity index (χ0v) is 14.7. The van der Waals surface area contributed by atoms with Gasteiger partial charge in [0.1, 0.15) is 0 Å². The van der Waals surface area contributed by atoms with Crippen molar-refractivity contribution < 1.29 is 14.1 Å². The van der Waals surface area contributed by atoms with E-state index in [-0.39, 0.29) is 30.4 Å². The van der Waals surface area contributed by atoms with Gasteiger partial charge in [0, 0.05) is 43.9 Å². The molecule has 9 heteroatoms. The number of likely N-dealkylation sites (tertiary alicyclic amines) is 1. The molecule has 25 heavy (non-hydrogen) atoms. The summed E-state index contributed by atoms with van der Waals surface area (Å²) in [6, 6.07) is 1.33. The third kappa shape index (κ3) is 3.41. The first kappa shape index (κ1) is 17.2. The molecule has 2 N–H and O–H groups in total. The molecule has 134 valence electrons. The Hall–Kier alpha value is -2.68. The third-order valence-electron chi connectivity index (χ3n) is 4.59. The first-order valence-corrected chi connectivity index (χ1v) is 8.07. The Labute approximate surface area is 145 Å². The van der Waals surface area contributed by atoms with E-state index in [1.807, 2.05) is 14.0 Å². The largest absolute Gasteiger partial charge is 0.338 e. The molecule has 2 aromatic heterocycles. The smallest absolute Gasteiger partial charge is 0.240 e. The topological polar surface area (TPSA) is 105 Å². The van der Waals surface area contributed by atoms with E-state index in [1.54, 1.807) is 35.8 Å². The van der Waals surface area contributed by atoms with Gasteiger partial charge >= 0.3 is 0 Å². The number of likely N-dealkylation sites (N-methyl/N-ethyl adjacent to an activating group) is 1. The molecule has 1 aliphatic rings. The van der Waals surface area contributed by atoms with E-state index in [0.717, 1.165) is 11.3 Å². The van der Waals surface area contributed by atoms with Crippen molar-refractivity contribution in [2.45, 2.75) is 32.4 Å². The average Bonchev–Trinajstić information content (AvgIpc) is 3.19. The van der Waals surface area contributed by atoms with Crippen molar-refractivity contribution in [2.24, 2.45) is 7.05 Å². The van der Waals surface area contributed by atoms with Crippen LogP contribution in [-0.2, 0) is 16.6 Å². The average molecular weight is 346 g/mol. The fourth-order valence-electron chi connectivity index (χ4n) is 3.11. The van der Waals surface area contributed by atoms with Crippen LogP contribution in [0.2, 0.25) is 0 Å². The molecule has 0 bridgehead atoms. The molecule has 3 rings (SSSR count). The van der Waals surface area contributed by atoms with E-state index in [9.17, 15) is 9.59 Å². The van der Waals surface area contributed by atoms with Crippen molar-refractivity contribution in [1.82, 2.24) is 25.2 Å². The predicted octanol–water partition coefficient (Wildman–Crippen LogP) is 0.525. The third-order valence-corrected chi connectivity index (χ3v) is 4.59.